The third-order valence-electron chi connectivity index (χ3n) is 5.75. The molecule has 0 unspecified atom stereocenters. The average Bonchev–Trinajstić information content (AvgIpc) is 2.78. The molecule has 0 aliphatic heterocycles. The predicted molar refractivity (Wildman–Crippen MR) is 136 cm³/mol. The topological polar surface area (TPSA) is 88.6 Å². The summed E-state index contributed by atoms with van der Waals surface area (Å²) >= 11 is 0. The number of carbonyl (C=O) groups excluding carboxylic acids is 1. The van der Waals surface area contributed by atoms with Gasteiger partial charge in [-0.25, -0.2) is 8.42 Å². The van der Waals surface area contributed by atoms with Crippen LogP contribution in [0.1, 0.15) is 44.5 Å². The van der Waals surface area contributed by atoms with Crippen LogP contribution in [-0.4, -0.2) is 42.8 Å². The molecule has 182 valence electrons. The maximum absolute atomic E-state index is 13.1. The molecule has 34 heavy (non-hydrogen) atoms. The minimum absolute atomic E-state index is 0.113. The molecule has 1 aromatic heterocycles. The molecular weight excluding hydrogens is 450 g/mol. The third-order valence-corrected chi connectivity index (χ3v) is 7.80. The number of amides is 1. The summed E-state index contributed by atoms with van der Waals surface area (Å²) in [5, 5.41) is 3.89. The number of benzene rings is 2. The standard InChI is InChI=1S/C26H33N3O4S/c1-7-29(8-2)34(31,32)20-13-14-25(33-17(3)4)24(15-20)28-26(30)16-22-18(5)21-11-9-10-12-23(21)27-19(22)6/h9-15,17H,7-8,16H2,1-6H3,(H,28,30). The summed E-state index contributed by atoms with van der Waals surface area (Å²) in [4.78, 5) is 17.9. The van der Waals surface area contributed by atoms with E-state index >= 15 is 0 Å². The molecule has 0 radical (unpaired) electrons. The van der Waals surface area contributed by atoms with Crippen LogP contribution in [0.25, 0.3) is 10.9 Å². The number of fused-ring (bicyclic) bond motifs is 1. The van der Waals surface area contributed by atoms with E-state index in [1.807, 2.05) is 52.0 Å². The van der Waals surface area contributed by atoms with Crippen LogP contribution >= 0.6 is 0 Å². The van der Waals surface area contributed by atoms with E-state index in [2.05, 4.69) is 10.3 Å². The number of carbonyl (C=O) groups is 1. The van der Waals surface area contributed by atoms with Crippen LogP contribution in [0.3, 0.4) is 0 Å². The summed E-state index contributed by atoms with van der Waals surface area (Å²) in [7, 11) is -3.68. The number of rotatable bonds is 9. The molecule has 0 saturated carbocycles. The van der Waals surface area contributed by atoms with E-state index in [4.69, 9.17) is 4.74 Å². The maximum Gasteiger partial charge on any atom is 0.243 e. The molecule has 2 aromatic carbocycles. The van der Waals surface area contributed by atoms with Crippen LogP contribution in [0.15, 0.2) is 47.4 Å². The second kappa shape index (κ2) is 10.5. The Morgan fingerprint density at radius 1 is 1.09 bits per heavy atom. The van der Waals surface area contributed by atoms with E-state index in [1.165, 1.54) is 16.4 Å². The Balaban J connectivity index is 1.96. The number of nitrogens with zero attached hydrogens (tertiary/aromatic N) is 2. The number of anilines is 1. The molecule has 0 aliphatic carbocycles. The van der Waals surface area contributed by atoms with Crippen molar-refractivity contribution >= 4 is 32.5 Å². The first kappa shape index (κ1) is 25.6. The summed E-state index contributed by atoms with van der Waals surface area (Å²) in [6.07, 6.45) is -0.0287. The second-order valence-electron chi connectivity index (χ2n) is 8.46. The second-order valence-corrected chi connectivity index (χ2v) is 10.4. The quantitative estimate of drug-likeness (QED) is 0.470. The Hall–Kier alpha value is -2.97. The molecule has 1 amide bonds. The minimum atomic E-state index is -3.68. The van der Waals surface area contributed by atoms with Gasteiger partial charge in [-0.1, -0.05) is 32.0 Å². The zero-order chi connectivity index (χ0) is 25.0. The Bertz CT molecular complexity index is 1300. The van der Waals surface area contributed by atoms with Gasteiger partial charge in [0.05, 0.1) is 28.6 Å². The van der Waals surface area contributed by atoms with Gasteiger partial charge in [-0.05, 0) is 63.1 Å². The molecule has 0 atom stereocenters. The van der Waals surface area contributed by atoms with Crippen molar-refractivity contribution in [1.82, 2.24) is 9.29 Å². The minimum Gasteiger partial charge on any atom is -0.489 e. The third kappa shape index (κ3) is 5.39. The van der Waals surface area contributed by atoms with Crippen LogP contribution in [0.5, 0.6) is 5.75 Å². The molecule has 0 bridgehead atoms. The number of para-hydroxylation sites is 1. The van der Waals surface area contributed by atoms with Crippen LogP contribution in [0, 0.1) is 13.8 Å². The van der Waals surface area contributed by atoms with E-state index in [0.29, 0.717) is 24.5 Å². The summed E-state index contributed by atoms with van der Waals surface area (Å²) in [6.45, 7) is 11.9. The molecule has 7 nitrogen and oxygen atoms in total. The molecular formula is C26H33N3O4S. The fraction of sp³-hybridized carbons (Fsp3) is 0.385. The van der Waals surface area contributed by atoms with E-state index in [-0.39, 0.29) is 23.3 Å². The van der Waals surface area contributed by atoms with Crippen molar-refractivity contribution in [3.63, 3.8) is 0 Å². The molecule has 0 saturated heterocycles. The van der Waals surface area contributed by atoms with Gasteiger partial charge in [0, 0.05) is 24.2 Å². The summed E-state index contributed by atoms with van der Waals surface area (Å²) in [5.74, 6) is 0.154. The lowest BCUT2D eigenvalue weighted by Crippen LogP contribution is -2.30. The summed E-state index contributed by atoms with van der Waals surface area (Å²) in [6, 6.07) is 12.4. The number of pyridine rings is 1. The average molecular weight is 484 g/mol. The highest BCUT2D eigenvalue weighted by atomic mass is 32.2. The number of aryl methyl sites for hydroxylation is 2. The maximum atomic E-state index is 13.1. The highest BCUT2D eigenvalue weighted by molar-refractivity contribution is 7.89. The van der Waals surface area contributed by atoms with Crippen molar-refractivity contribution in [2.45, 2.75) is 59.0 Å². The SMILES string of the molecule is CCN(CC)S(=O)(=O)c1ccc(OC(C)C)c(NC(=O)Cc2c(C)nc3ccccc3c2C)c1. The number of ether oxygens (including phenoxy) is 1. The smallest absolute Gasteiger partial charge is 0.243 e. The highest BCUT2D eigenvalue weighted by Crippen LogP contribution is 2.31. The van der Waals surface area contributed by atoms with Gasteiger partial charge in [-0.3, -0.25) is 9.78 Å². The van der Waals surface area contributed by atoms with E-state index in [1.54, 1.807) is 19.9 Å². The number of hydrogen-bond donors (Lipinski definition) is 1. The van der Waals surface area contributed by atoms with Crippen molar-refractivity contribution in [2.24, 2.45) is 0 Å². The predicted octanol–water partition coefficient (Wildman–Crippen LogP) is 4.85. The first-order valence-corrected chi connectivity index (χ1v) is 13.0. The number of nitrogens with one attached hydrogen (secondary N) is 1. The first-order chi connectivity index (χ1) is 16.1. The number of hydrogen-bond acceptors (Lipinski definition) is 5. The van der Waals surface area contributed by atoms with Gasteiger partial charge < -0.3 is 10.1 Å². The number of sulfonamides is 1. The van der Waals surface area contributed by atoms with E-state index < -0.39 is 10.0 Å². The summed E-state index contributed by atoms with van der Waals surface area (Å²) in [5.41, 5.74) is 3.88. The van der Waals surface area contributed by atoms with Crippen LogP contribution in [0.2, 0.25) is 0 Å². The van der Waals surface area contributed by atoms with Gasteiger partial charge in [0.25, 0.3) is 0 Å². The zero-order valence-electron chi connectivity index (χ0n) is 20.7. The van der Waals surface area contributed by atoms with Crippen molar-refractivity contribution in [1.29, 1.82) is 0 Å². The van der Waals surface area contributed by atoms with Crippen LogP contribution in [0.4, 0.5) is 5.69 Å². The van der Waals surface area contributed by atoms with Crippen molar-refractivity contribution in [3.05, 3.63) is 59.3 Å². The van der Waals surface area contributed by atoms with Gasteiger partial charge in [0.15, 0.2) is 0 Å². The summed E-state index contributed by atoms with van der Waals surface area (Å²) < 4.78 is 33.3. The Morgan fingerprint density at radius 2 is 1.76 bits per heavy atom. The number of aromatic nitrogens is 1. The van der Waals surface area contributed by atoms with Gasteiger partial charge in [0.2, 0.25) is 15.9 Å². The molecule has 0 fully saturated rings. The lowest BCUT2D eigenvalue weighted by molar-refractivity contribution is -0.115. The zero-order valence-corrected chi connectivity index (χ0v) is 21.5. The fourth-order valence-electron chi connectivity index (χ4n) is 4.02. The van der Waals surface area contributed by atoms with Crippen molar-refractivity contribution in [3.8, 4) is 5.75 Å². The molecule has 3 aromatic rings. The Morgan fingerprint density at radius 3 is 2.41 bits per heavy atom. The molecule has 1 N–H and O–H groups in total. The highest BCUT2D eigenvalue weighted by Gasteiger charge is 2.24. The molecule has 1 heterocycles. The molecule has 8 heteroatoms. The van der Waals surface area contributed by atoms with Crippen LogP contribution < -0.4 is 10.1 Å². The lowest BCUT2D eigenvalue weighted by atomic mass is 9.99. The fourth-order valence-corrected chi connectivity index (χ4v) is 5.51. The van der Waals surface area contributed by atoms with Crippen molar-refractivity contribution < 1.29 is 17.9 Å². The largest absolute Gasteiger partial charge is 0.489 e. The Kier molecular flexibility index (Phi) is 7.94. The molecule has 3 rings (SSSR count). The van der Waals surface area contributed by atoms with Gasteiger partial charge in [0.1, 0.15) is 5.75 Å². The monoisotopic (exact) mass is 483 g/mol. The van der Waals surface area contributed by atoms with Gasteiger partial charge in [-0.15, -0.1) is 0 Å². The first-order valence-electron chi connectivity index (χ1n) is 11.5. The van der Waals surface area contributed by atoms with Gasteiger partial charge in [-0.2, -0.15) is 4.31 Å². The molecule has 0 spiro atoms. The van der Waals surface area contributed by atoms with Crippen LogP contribution in [-0.2, 0) is 21.2 Å². The normalized spacial score (nSPS) is 11.9. The lowest BCUT2D eigenvalue weighted by Gasteiger charge is -2.21. The van der Waals surface area contributed by atoms with Crippen molar-refractivity contribution in [2.75, 3.05) is 18.4 Å². The Labute approximate surface area is 202 Å². The van der Waals surface area contributed by atoms with E-state index in [0.717, 1.165) is 27.7 Å². The van der Waals surface area contributed by atoms with E-state index in [9.17, 15) is 13.2 Å². The molecule has 0 aliphatic rings. The van der Waals surface area contributed by atoms with Gasteiger partial charge >= 0.3 is 0 Å².